The zero-order valence-electron chi connectivity index (χ0n) is 11.2. The summed E-state index contributed by atoms with van der Waals surface area (Å²) >= 11 is 7.83. The van der Waals surface area contributed by atoms with E-state index >= 15 is 0 Å². The van der Waals surface area contributed by atoms with E-state index in [1.165, 1.54) is 35.5 Å². The van der Waals surface area contributed by atoms with E-state index in [1.807, 2.05) is 7.05 Å². The molecule has 0 amide bonds. The highest BCUT2D eigenvalue weighted by molar-refractivity contribution is 7.15. The van der Waals surface area contributed by atoms with Gasteiger partial charge in [0.15, 0.2) is 0 Å². The van der Waals surface area contributed by atoms with Crippen LogP contribution in [-0.2, 0) is 6.42 Å². The van der Waals surface area contributed by atoms with Crippen LogP contribution in [0.25, 0.3) is 10.6 Å². The fraction of sp³-hybridized carbons (Fsp3) is 0.400. The number of hydrogen-bond acceptors (Lipinski definition) is 3. The van der Waals surface area contributed by atoms with Crippen molar-refractivity contribution in [2.24, 2.45) is 0 Å². The molecule has 2 aromatic rings. The number of fused-ring (bicyclic) bond motifs is 1. The number of nitrogens with zero attached hydrogens (tertiary/aromatic N) is 1. The van der Waals surface area contributed by atoms with Crippen LogP contribution in [0.4, 0.5) is 4.39 Å². The number of nitrogens with one attached hydrogen (secondary N) is 1. The first-order valence-electron chi connectivity index (χ1n) is 6.78. The average Bonchev–Trinajstić information content (AvgIpc) is 2.83. The Morgan fingerprint density at radius 1 is 1.50 bits per heavy atom. The van der Waals surface area contributed by atoms with Gasteiger partial charge in [-0.25, -0.2) is 9.37 Å². The van der Waals surface area contributed by atoms with E-state index < -0.39 is 0 Å². The molecule has 0 aliphatic heterocycles. The first kappa shape index (κ1) is 14.0. The maximum atomic E-state index is 13.1. The number of halogens is 2. The molecule has 20 heavy (non-hydrogen) atoms. The monoisotopic (exact) mass is 310 g/mol. The fourth-order valence-corrected chi connectivity index (χ4v) is 4.27. The van der Waals surface area contributed by atoms with Gasteiger partial charge in [-0.3, -0.25) is 0 Å². The van der Waals surface area contributed by atoms with E-state index in [-0.39, 0.29) is 5.82 Å². The number of hydrogen-bond donors (Lipinski definition) is 1. The van der Waals surface area contributed by atoms with Gasteiger partial charge < -0.3 is 5.32 Å². The number of rotatable bonds is 3. The molecule has 0 fully saturated rings. The summed E-state index contributed by atoms with van der Waals surface area (Å²) in [5.74, 6) is 0.168. The Kier molecular flexibility index (Phi) is 4.06. The van der Waals surface area contributed by atoms with E-state index in [4.69, 9.17) is 16.6 Å². The van der Waals surface area contributed by atoms with Crippen LogP contribution < -0.4 is 5.32 Å². The SMILES string of the molecule is CNCC1CCCc2sc(-c3ccc(F)cc3Cl)nc21. The number of benzene rings is 1. The molecule has 0 spiro atoms. The summed E-state index contributed by atoms with van der Waals surface area (Å²) in [5.41, 5.74) is 2.03. The molecular formula is C15H16ClFN2S. The van der Waals surface area contributed by atoms with Crippen LogP contribution in [-0.4, -0.2) is 18.6 Å². The van der Waals surface area contributed by atoms with Gasteiger partial charge in [0, 0.05) is 22.9 Å². The quantitative estimate of drug-likeness (QED) is 0.917. The zero-order chi connectivity index (χ0) is 14.1. The van der Waals surface area contributed by atoms with Crippen molar-refractivity contribution in [3.8, 4) is 10.6 Å². The molecule has 1 N–H and O–H groups in total. The molecule has 1 aliphatic carbocycles. The molecule has 0 saturated heterocycles. The summed E-state index contributed by atoms with van der Waals surface area (Å²) in [6.07, 6.45) is 3.47. The van der Waals surface area contributed by atoms with Crippen molar-refractivity contribution in [1.82, 2.24) is 10.3 Å². The van der Waals surface area contributed by atoms with Crippen molar-refractivity contribution in [1.29, 1.82) is 0 Å². The van der Waals surface area contributed by atoms with Gasteiger partial charge >= 0.3 is 0 Å². The van der Waals surface area contributed by atoms with E-state index in [9.17, 15) is 4.39 Å². The lowest BCUT2D eigenvalue weighted by atomic mass is 9.91. The van der Waals surface area contributed by atoms with Crippen LogP contribution in [0.2, 0.25) is 5.02 Å². The minimum Gasteiger partial charge on any atom is -0.319 e. The standard InChI is InChI=1S/C15H16ClFN2S/c1-18-8-9-3-2-4-13-14(9)19-15(20-13)11-6-5-10(17)7-12(11)16/h5-7,9,18H,2-4,8H2,1H3. The molecule has 1 aliphatic rings. The third-order valence-electron chi connectivity index (χ3n) is 3.68. The third-order valence-corrected chi connectivity index (χ3v) is 5.16. The molecule has 1 aromatic heterocycles. The summed E-state index contributed by atoms with van der Waals surface area (Å²) in [5, 5.41) is 4.57. The Balaban J connectivity index is 2.00. The van der Waals surface area contributed by atoms with Crippen molar-refractivity contribution in [2.45, 2.75) is 25.2 Å². The largest absolute Gasteiger partial charge is 0.319 e. The smallest absolute Gasteiger partial charge is 0.125 e. The Bertz CT molecular complexity index is 626. The maximum absolute atomic E-state index is 13.1. The van der Waals surface area contributed by atoms with Crippen LogP contribution >= 0.6 is 22.9 Å². The van der Waals surface area contributed by atoms with E-state index in [2.05, 4.69) is 5.32 Å². The Morgan fingerprint density at radius 2 is 2.35 bits per heavy atom. The predicted molar refractivity (Wildman–Crippen MR) is 82.1 cm³/mol. The van der Waals surface area contributed by atoms with Crippen LogP contribution in [0.3, 0.4) is 0 Å². The van der Waals surface area contributed by atoms with Gasteiger partial charge in [-0.1, -0.05) is 11.6 Å². The normalized spacial score (nSPS) is 18.1. The van der Waals surface area contributed by atoms with Crippen LogP contribution in [0, 0.1) is 5.82 Å². The lowest BCUT2D eigenvalue weighted by Gasteiger charge is -2.20. The molecule has 5 heteroatoms. The fourth-order valence-electron chi connectivity index (χ4n) is 2.73. The molecular weight excluding hydrogens is 295 g/mol. The Labute approximate surface area is 127 Å². The topological polar surface area (TPSA) is 24.9 Å². The molecule has 3 rings (SSSR count). The summed E-state index contributed by atoms with van der Waals surface area (Å²) in [6.45, 7) is 0.952. The van der Waals surface area contributed by atoms with E-state index in [0.29, 0.717) is 10.9 Å². The number of aromatic nitrogens is 1. The molecule has 0 radical (unpaired) electrons. The highest BCUT2D eigenvalue weighted by Crippen LogP contribution is 2.39. The van der Waals surface area contributed by atoms with Crippen molar-refractivity contribution in [3.63, 3.8) is 0 Å². The molecule has 1 atom stereocenters. The second-order valence-electron chi connectivity index (χ2n) is 5.10. The first-order chi connectivity index (χ1) is 9.69. The predicted octanol–water partition coefficient (Wildman–Crippen LogP) is 4.24. The summed E-state index contributed by atoms with van der Waals surface area (Å²) in [7, 11) is 1.97. The summed E-state index contributed by atoms with van der Waals surface area (Å²) < 4.78 is 13.1. The van der Waals surface area contributed by atoms with Crippen LogP contribution in [0.1, 0.15) is 29.3 Å². The molecule has 0 saturated carbocycles. The minimum atomic E-state index is -0.312. The molecule has 1 unspecified atom stereocenters. The van der Waals surface area contributed by atoms with Gasteiger partial charge in [-0.05, 0) is 44.5 Å². The number of aryl methyl sites for hydroxylation is 1. The second-order valence-corrected chi connectivity index (χ2v) is 6.59. The highest BCUT2D eigenvalue weighted by Gasteiger charge is 2.25. The molecule has 0 bridgehead atoms. The molecule has 2 nitrogen and oxygen atoms in total. The van der Waals surface area contributed by atoms with Gasteiger partial charge in [0.1, 0.15) is 10.8 Å². The van der Waals surface area contributed by atoms with Gasteiger partial charge in [0.05, 0.1) is 10.7 Å². The summed E-state index contributed by atoms with van der Waals surface area (Å²) in [4.78, 5) is 6.14. The van der Waals surface area contributed by atoms with Gasteiger partial charge in [0.2, 0.25) is 0 Å². The van der Waals surface area contributed by atoms with Gasteiger partial charge in [-0.15, -0.1) is 11.3 Å². The first-order valence-corrected chi connectivity index (χ1v) is 7.98. The van der Waals surface area contributed by atoms with E-state index in [1.54, 1.807) is 17.4 Å². The number of likely N-dealkylation sites (N-methyl/N-ethyl adjacent to an activating group) is 1. The lowest BCUT2D eigenvalue weighted by Crippen LogP contribution is -2.20. The van der Waals surface area contributed by atoms with Gasteiger partial charge in [-0.2, -0.15) is 0 Å². The number of thiazole rings is 1. The highest BCUT2D eigenvalue weighted by atomic mass is 35.5. The Hall–Kier alpha value is -0.970. The second kappa shape index (κ2) is 5.80. The lowest BCUT2D eigenvalue weighted by molar-refractivity contribution is 0.523. The van der Waals surface area contributed by atoms with E-state index in [0.717, 1.165) is 23.5 Å². The van der Waals surface area contributed by atoms with Crippen molar-refractivity contribution >= 4 is 22.9 Å². The molecule has 1 heterocycles. The van der Waals surface area contributed by atoms with Crippen molar-refractivity contribution in [3.05, 3.63) is 39.6 Å². The van der Waals surface area contributed by atoms with Gasteiger partial charge in [0.25, 0.3) is 0 Å². The average molecular weight is 311 g/mol. The third kappa shape index (κ3) is 2.60. The Morgan fingerprint density at radius 3 is 3.10 bits per heavy atom. The van der Waals surface area contributed by atoms with Crippen molar-refractivity contribution < 1.29 is 4.39 Å². The van der Waals surface area contributed by atoms with Crippen LogP contribution in [0.5, 0.6) is 0 Å². The van der Waals surface area contributed by atoms with Crippen LogP contribution in [0.15, 0.2) is 18.2 Å². The minimum absolute atomic E-state index is 0.312. The van der Waals surface area contributed by atoms with Crippen molar-refractivity contribution in [2.75, 3.05) is 13.6 Å². The summed E-state index contributed by atoms with van der Waals surface area (Å²) in [6, 6.07) is 4.50. The molecule has 1 aromatic carbocycles. The maximum Gasteiger partial charge on any atom is 0.125 e. The zero-order valence-corrected chi connectivity index (χ0v) is 12.8. The molecule has 106 valence electrons.